The molecule has 5 rings (SSSR count). The van der Waals surface area contributed by atoms with Gasteiger partial charge in [0.2, 0.25) is 0 Å². The maximum Gasteiger partial charge on any atom is 0.252 e. The largest absolute Gasteiger partial charge is 0.497 e. The molecule has 0 N–H and O–H groups in total. The summed E-state index contributed by atoms with van der Waals surface area (Å²) in [4.78, 5) is 21.1. The maximum atomic E-state index is 14.2. The lowest BCUT2D eigenvalue weighted by atomic mass is 9.99. The van der Waals surface area contributed by atoms with Crippen molar-refractivity contribution in [3.63, 3.8) is 0 Å². The fraction of sp³-hybridized carbons (Fsp3) is 0.161. The average molecular weight is 545 g/mol. The van der Waals surface area contributed by atoms with Gasteiger partial charge in [-0.25, -0.2) is 0 Å². The number of ether oxygens (including phenoxy) is 2. The van der Waals surface area contributed by atoms with Crippen molar-refractivity contribution in [2.24, 2.45) is 4.99 Å². The summed E-state index contributed by atoms with van der Waals surface area (Å²) in [5, 5.41) is 1.17. The number of benzene rings is 4. The molecule has 1 amide bonds. The molecule has 0 saturated carbocycles. The monoisotopic (exact) mass is 544 g/mol. The van der Waals surface area contributed by atoms with Gasteiger partial charge in [-0.2, -0.15) is 0 Å². The topological polar surface area (TPSA) is 51.1 Å². The number of carbonyl (C=O) groups excluding carboxylic acids is 1. The number of hydrogen-bond donors (Lipinski definition) is 0. The first kappa shape index (κ1) is 25.8. The van der Waals surface area contributed by atoms with E-state index in [0.717, 1.165) is 39.4 Å². The predicted molar refractivity (Wildman–Crippen MR) is 153 cm³/mol. The molecule has 0 bridgehead atoms. The number of halogens is 2. The molecule has 0 radical (unpaired) electrons. The molecular formula is C31H26Cl2N2O3. The smallest absolute Gasteiger partial charge is 0.252 e. The van der Waals surface area contributed by atoms with Crippen LogP contribution in [0.25, 0.3) is 0 Å². The third kappa shape index (κ3) is 5.40. The number of benzodiazepines with no additional fused rings is 1. The Morgan fingerprint density at radius 2 is 1.50 bits per heavy atom. The third-order valence-electron chi connectivity index (χ3n) is 6.57. The van der Waals surface area contributed by atoms with E-state index in [1.54, 1.807) is 25.2 Å². The number of rotatable bonds is 7. The molecule has 1 aliphatic rings. The zero-order valence-corrected chi connectivity index (χ0v) is 22.5. The molecule has 1 atom stereocenters. The summed E-state index contributed by atoms with van der Waals surface area (Å²) < 4.78 is 10.7. The van der Waals surface area contributed by atoms with Crippen molar-refractivity contribution in [2.75, 3.05) is 19.1 Å². The standard InChI is InChI=1S/C31H26Cl2N2O3/c1-37-24-12-7-20(8-13-24)19-35-29-16-11-23(32)18-26(29)30(21-9-14-25(38-2)15-10-21)34-28(31(35)36)17-22-5-3-4-6-27(22)33/h3-16,18,28H,17,19H2,1-2H3. The number of aliphatic imine (C=N–C) groups is 1. The van der Waals surface area contributed by atoms with Crippen LogP contribution in [0.5, 0.6) is 11.5 Å². The van der Waals surface area contributed by atoms with Gasteiger partial charge in [0.15, 0.2) is 0 Å². The number of anilines is 1. The van der Waals surface area contributed by atoms with Crippen molar-refractivity contribution in [2.45, 2.75) is 19.0 Å². The second kappa shape index (κ2) is 11.3. The van der Waals surface area contributed by atoms with Crippen molar-refractivity contribution in [1.29, 1.82) is 0 Å². The predicted octanol–water partition coefficient (Wildman–Crippen LogP) is 7.01. The molecule has 5 nitrogen and oxygen atoms in total. The summed E-state index contributed by atoms with van der Waals surface area (Å²) in [5.74, 6) is 1.37. The van der Waals surface area contributed by atoms with Gasteiger partial charge in [0.25, 0.3) is 5.91 Å². The van der Waals surface area contributed by atoms with Crippen LogP contribution >= 0.6 is 23.2 Å². The minimum Gasteiger partial charge on any atom is -0.497 e. The van der Waals surface area contributed by atoms with E-state index in [9.17, 15) is 4.79 Å². The summed E-state index contributed by atoms with van der Waals surface area (Å²) in [7, 11) is 3.26. The normalized spacial score (nSPS) is 14.9. The Morgan fingerprint density at radius 3 is 2.16 bits per heavy atom. The van der Waals surface area contributed by atoms with Crippen molar-refractivity contribution >= 4 is 40.5 Å². The van der Waals surface area contributed by atoms with Crippen LogP contribution in [0.3, 0.4) is 0 Å². The van der Waals surface area contributed by atoms with Crippen LogP contribution < -0.4 is 14.4 Å². The van der Waals surface area contributed by atoms with Crippen molar-refractivity contribution in [1.82, 2.24) is 0 Å². The Balaban J connectivity index is 1.65. The molecule has 38 heavy (non-hydrogen) atoms. The summed E-state index contributed by atoms with van der Waals surface area (Å²) in [5.41, 5.74) is 4.89. The Bertz CT molecular complexity index is 1480. The van der Waals surface area contributed by atoms with Gasteiger partial charge in [0, 0.05) is 27.6 Å². The number of amides is 1. The van der Waals surface area contributed by atoms with Crippen molar-refractivity contribution in [3.8, 4) is 11.5 Å². The van der Waals surface area contributed by atoms with Gasteiger partial charge >= 0.3 is 0 Å². The van der Waals surface area contributed by atoms with E-state index < -0.39 is 6.04 Å². The molecule has 0 saturated heterocycles. The van der Waals surface area contributed by atoms with E-state index in [0.29, 0.717) is 28.7 Å². The van der Waals surface area contributed by atoms with Crippen LogP contribution in [0.1, 0.15) is 22.3 Å². The van der Waals surface area contributed by atoms with Gasteiger partial charge < -0.3 is 14.4 Å². The first-order valence-corrected chi connectivity index (χ1v) is 12.9. The van der Waals surface area contributed by atoms with E-state index in [1.165, 1.54) is 0 Å². The van der Waals surface area contributed by atoms with Gasteiger partial charge in [-0.15, -0.1) is 0 Å². The number of hydrogen-bond acceptors (Lipinski definition) is 4. The molecule has 1 aliphatic heterocycles. The Morgan fingerprint density at radius 1 is 0.842 bits per heavy atom. The van der Waals surface area contributed by atoms with Crippen LogP contribution in [-0.4, -0.2) is 31.9 Å². The lowest BCUT2D eigenvalue weighted by Gasteiger charge is -2.26. The molecule has 0 aliphatic carbocycles. The minimum atomic E-state index is -0.698. The molecule has 0 spiro atoms. The van der Waals surface area contributed by atoms with Crippen LogP contribution in [0.4, 0.5) is 5.69 Å². The molecular weight excluding hydrogens is 519 g/mol. The minimum absolute atomic E-state index is 0.118. The summed E-state index contributed by atoms with van der Waals surface area (Å²) in [6.45, 7) is 0.363. The van der Waals surface area contributed by atoms with Crippen LogP contribution in [0.15, 0.2) is 96.0 Å². The highest BCUT2D eigenvalue weighted by Crippen LogP contribution is 2.34. The first-order chi connectivity index (χ1) is 18.5. The first-order valence-electron chi connectivity index (χ1n) is 12.2. The summed E-state index contributed by atoms with van der Waals surface area (Å²) in [6.07, 6.45) is 0.360. The van der Waals surface area contributed by atoms with Crippen molar-refractivity contribution < 1.29 is 14.3 Å². The van der Waals surface area contributed by atoms with Crippen molar-refractivity contribution in [3.05, 3.63) is 123 Å². The van der Waals surface area contributed by atoms with E-state index in [1.807, 2.05) is 84.9 Å². The Labute approximate surface area is 232 Å². The van der Waals surface area contributed by atoms with E-state index in [4.69, 9.17) is 37.7 Å². The second-order valence-corrected chi connectivity index (χ2v) is 9.80. The number of nitrogens with zero attached hydrogens (tertiary/aromatic N) is 2. The van der Waals surface area contributed by atoms with Gasteiger partial charge in [0.05, 0.1) is 32.2 Å². The van der Waals surface area contributed by atoms with Crippen LogP contribution in [0.2, 0.25) is 10.0 Å². The van der Waals surface area contributed by atoms with Gasteiger partial charge in [-0.1, -0.05) is 53.5 Å². The SMILES string of the molecule is COc1ccc(CN2C(=O)C(Cc3ccccc3Cl)N=C(c3ccc(OC)cc3)c3cc(Cl)ccc32)cc1. The number of carbonyl (C=O) groups is 1. The van der Waals surface area contributed by atoms with Crippen LogP contribution in [0, 0.1) is 0 Å². The highest BCUT2D eigenvalue weighted by molar-refractivity contribution is 6.32. The molecule has 192 valence electrons. The fourth-order valence-corrected chi connectivity index (χ4v) is 4.96. The van der Waals surface area contributed by atoms with Crippen LogP contribution in [-0.2, 0) is 17.8 Å². The van der Waals surface area contributed by atoms with Gasteiger partial charge in [0.1, 0.15) is 17.5 Å². The van der Waals surface area contributed by atoms with E-state index in [2.05, 4.69) is 0 Å². The summed E-state index contributed by atoms with van der Waals surface area (Å²) >= 11 is 13.0. The fourth-order valence-electron chi connectivity index (χ4n) is 4.57. The molecule has 0 aromatic heterocycles. The molecule has 1 heterocycles. The lowest BCUT2D eigenvalue weighted by molar-refractivity contribution is -0.119. The van der Waals surface area contributed by atoms with E-state index >= 15 is 0 Å². The zero-order valence-electron chi connectivity index (χ0n) is 21.0. The lowest BCUT2D eigenvalue weighted by Crippen LogP contribution is -2.38. The maximum absolute atomic E-state index is 14.2. The van der Waals surface area contributed by atoms with Gasteiger partial charge in [-0.05, 0) is 71.8 Å². The van der Waals surface area contributed by atoms with E-state index in [-0.39, 0.29) is 5.91 Å². The average Bonchev–Trinajstić information content (AvgIpc) is 3.05. The highest BCUT2D eigenvalue weighted by atomic mass is 35.5. The molecule has 7 heteroatoms. The molecule has 4 aromatic rings. The number of methoxy groups -OCH3 is 2. The zero-order chi connectivity index (χ0) is 26.6. The molecule has 4 aromatic carbocycles. The summed E-state index contributed by atoms with van der Waals surface area (Å²) in [6, 6.07) is 27.8. The third-order valence-corrected chi connectivity index (χ3v) is 7.18. The highest BCUT2D eigenvalue weighted by Gasteiger charge is 2.33. The Hall–Kier alpha value is -3.80. The number of fused-ring (bicyclic) bond motifs is 1. The van der Waals surface area contributed by atoms with Gasteiger partial charge in [-0.3, -0.25) is 9.79 Å². The molecule has 1 unspecified atom stereocenters. The molecule has 0 fully saturated rings. The second-order valence-electron chi connectivity index (χ2n) is 8.95. The Kier molecular flexibility index (Phi) is 7.68. The quantitative estimate of drug-likeness (QED) is 0.251.